The molecule has 1 aromatic heterocycles. The lowest BCUT2D eigenvalue weighted by molar-refractivity contribution is 0.102. The van der Waals surface area contributed by atoms with E-state index in [1.54, 1.807) is 36.7 Å². The first kappa shape index (κ1) is 17.6. The van der Waals surface area contributed by atoms with Crippen molar-refractivity contribution in [3.63, 3.8) is 0 Å². The van der Waals surface area contributed by atoms with Crippen molar-refractivity contribution >= 4 is 27.3 Å². The van der Waals surface area contributed by atoms with E-state index >= 15 is 0 Å². The van der Waals surface area contributed by atoms with Crippen molar-refractivity contribution in [2.24, 2.45) is 0 Å². The molecule has 0 aliphatic rings. The number of benzene rings is 2. The fraction of sp³-hybridized carbons (Fsp3) is 0.0526. The maximum absolute atomic E-state index is 12.4. The van der Waals surface area contributed by atoms with Gasteiger partial charge < -0.3 is 5.32 Å². The van der Waals surface area contributed by atoms with Crippen LogP contribution in [0.1, 0.15) is 15.9 Å². The van der Waals surface area contributed by atoms with Crippen molar-refractivity contribution in [2.75, 3.05) is 10.0 Å². The highest BCUT2D eigenvalue weighted by Crippen LogP contribution is 2.17. The minimum Gasteiger partial charge on any atom is -0.322 e. The average Bonchev–Trinajstić information content (AvgIpc) is 2.64. The highest BCUT2D eigenvalue weighted by Gasteiger charge is 2.15. The maximum Gasteiger partial charge on any atom is 0.261 e. The Kier molecular flexibility index (Phi) is 4.99. The molecule has 0 unspecified atom stereocenters. The van der Waals surface area contributed by atoms with Crippen LogP contribution in [0.15, 0.2) is 78.0 Å². The largest absolute Gasteiger partial charge is 0.322 e. The van der Waals surface area contributed by atoms with Crippen LogP contribution >= 0.6 is 0 Å². The molecule has 6 nitrogen and oxygen atoms in total. The number of pyridine rings is 1. The SMILES string of the molecule is Cc1ccc(NS(=O)(=O)c2ccc(C(=O)Nc3ccncc3)cc2)cc1. The number of aryl methyl sites for hydroxylation is 1. The van der Waals surface area contributed by atoms with Gasteiger partial charge in [0, 0.05) is 29.3 Å². The molecule has 0 saturated carbocycles. The number of nitrogens with one attached hydrogen (secondary N) is 2. The van der Waals surface area contributed by atoms with Crippen LogP contribution in [0.25, 0.3) is 0 Å². The van der Waals surface area contributed by atoms with Gasteiger partial charge in [-0.15, -0.1) is 0 Å². The first-order valence-electron chi connectivity index (χ1n) is 7.85. The molecule has 132 valence electrons. The molecule has 0 spiro atoms. The van der Waals surface area contributed by atoms with Gasteiger partial charge in [-0.2, -0.15) is 0 Å². The molecular weight excluding hydrogens is 350 g/mol. The van der Waals surface area contributed by atoms with Crippen LogP contribution in [-0.2, 0) is 10.0 Å². The lowest BCUT2D eigenvalue weighted by Crippen LogP contribution is -2.14. The molecule has 0 saturated heterocycles. The van der Waals surface area contributed by atoms with Crippen molar-refractivity contribution in [1.29, 1.82) is 0 Å². The zero-order chi connectivity index (χ0) is 18.6. The van der Waals surface area contributed by atoms with E-state index in [-0.39, 0.29) is 10.8 Å². The number of rotatable bonds is 5. The lowest BCUT2D eigenvalue weighted by atomic mass is 10.2. The third kappa shape index (κ3) is 4.25. The summed E-state index contributed by atoms with van der Waals surface area (Å²) in [4.78, 5) is 16.2. The quantitative estimate of drug-likeness (QED) is 0.723. The second kappa shape index (κ2) is 7.37. The Morgan fingerprint density at radius 1 is 0.846 bits per heavy atom. The van der Waals surface area contributed by atoms with E-state index < -0.39 is 10.0 Å². The molecule has 0 radical (unpaired) electrons. The van der Waals surface area contributed by atoms with Crippen LogP contribution < -0.4 is 10.0 Å². The maximum atomic E-state index is 12.4. The smallest absolute Gasteiger partial charge is 0.261 e. The molecule has 2 N–H and O–H groups in total. The molecular formula is C19H17N3O3S. The van der Waals surface area contributed by atoms with Crippen molar-refractivity contribution in [1.82, 2.24) is 4.98 Å². The van der Waals surface area contributed by atoms with Gasteiger partial charge >= 0.3 is 0 Å². The third-order valence-corrected chi connectivity index (χ3v) is 5.07. The van der Waals surface area contributed by atoms with Crippen molar-refractivity contribution in [3.8, 4) is 0 Å². The van der Waals surface area contributed by atoms with Crippen LogP contribution in [-0.4, -0.2) is 19.3 Å². The zero-order valence-electron chi connectivity index (χ0n) is 14.0. The summed E-state index contributed by atoms with van der Waals surface area (Å²) in [5.41, 5.74) is 2.49. The van der Waals surface area contributed by atoms with Crippen molar-refractivity contribution < 1.29 is 13.2 Å². The molecule has 0 bridgehead atoms. The fourth-order valence-electron chi connectivity index (χ4n) is 2.26. The number of anilines is 2. The molecule has 26 heavy (non-hydrogen) atoms. The molecule has 0 atom stereocenters. The van der Waals surface area contributed by atoms with E-state index in [9.17, 15) is 13.2 Å². The van der Waals surface area contributed by atoms with Gasteiger partial charge in [0.05, 0.1) is 4.90 Å². The zero-order valence-corrected chi connectivity index (χ0v) is 14.8. The Balaban J connectivity index is 1.73. The second-order valence-electron chi connectivity index (χ2n) is 5.69. The van der Waals surface area contributed by atoms with Crippen LogP contribution in [0, 0.1) is 6.92 Å². The van der Waals surface area contributed by atoms with Crippen LogP contribution in [0.4, 0.5) is 11.4 Å². The number of aromatic nitrogens is 1. The van der Waals surface area contributed by atoms with Gasteiger partial charge in [0.25, 0.3) is 15.9 Å². The van der Waals surface area contributed by atoms with E-state index in [2.05, 4.69) is 15.0 Å². The minimum atomic E-state index is -3.72. The highest BCUT2D eigenvalue weighted by atomic mass is 32.2. The molecule has 1 heterocycles. The summed E-state index contributed by atoms with van der Waals surface area (Å²) in [6, 6.07) is 16.1. The van der Waals surface area contributed by atoms with Crippen molar-refractivity contribution in [3.05, 3.63) is 84.2 Å². The van der Waals surface area contributed by atoms with Gasteiger partial charge in [-0.05, 0) is 55.5 Å². The topological polar surface area (TPSA) is 88.2 Å². The monoisotopic (exact) mass is 367 g/mol. The number of hydrogen-bond donors (Lipinski definition) is 2. The Morgan fingerprint density at radius 2 is 1.46 bits per heavy atom. The average molecular weight is 367 g/mol. The van der Waals surface area contributed by atoms with E-state index in [0.717, 1.165) is 5.56 Å². The number of hydrogen-bond acceptors (Lipinski definition) is 4. The highest BCUT2D eigenvalue weighted by molar-refractivity contribution is 7.92. The van der Waals surface area contributed by atoms with Gasteiger partial charge in [-0.3, -0.25) is 14.5 Å². The molecule has 3 rings (SSSR count). The first-order chi connectivity index (χ1) is 12.4. The molecule has 3 aromatic rings. The number of carbonyl (C=O) groups excluding carboxylic acids is 1. The number of sulfonamides is 1. The Labute approximate surface area is 152 Å². The summed E-state index contributed by atoms with van der Waals surface area (Å²) in [5.74, 6) is -0.327. The molecule has 1 amide bonds. The number of amides is 1. The van der Waals surface area contributed by atoms with Crippen LogP contribution in [0.3, 0.4) is 0 Å². The fourth-order valence-corrected chi connectivity index (χ4v) is 3.32. The van der Waals surface area contributed by atoms with E-state index in [1.165, 1.54) is 24.3 Å². The Morgan fingerprint density at radius 3 is 2.08 bits per heavy atom. The second-order valence-corrected chi connectivity index (χ2v) is 7.37. The standard InChI is InChI=1S/C19H17N3O3S/c1-14-2-6-17(7-3-14)22-26(24,25)18-8-4-15(5-9-18)19(23)21-16-10-12-20-13-11-16/h2-13,22H,1H3,(H,20,21,23). The van der Waals surface area contributed by atoms with E-state index in [4.69, 9.17) is 0 Å². The molecule has 7 heteroatoms. The summed E-state index contributed by atoms with van der Waals surface area (Å²) in [6.07, 6.45) is 3.14. The van der Waals surface area contributed by atoms with Gasteiger partial charge in [-0.1, -0.05) is 17.7 Å². The van der Waals surface area contributed by atoms with Crippen LogP contribution in [0.5, 0.6) is 0 Å². The first-order valence-corrected chi connectivity index (χ1v) is 9.33. The molecule has 0 aliphatic carbocycles. The summed E-state index contributed by atoms with van der Waals surface area (Å²) in [6.45, 7) is 1.92. The van der Waals surface area contributed by atoms with Crippen molar-refractivity contribution in [2.45, 2.75) is 11.8 Å². The Hall–Kier alpha value is -3.19. The van der Waals surface area contributed by atoms with Gasteiger partial charge in [0.1, 0.15) is 0 Å². The molecule has 0 fully saturated rings. The lowest BCUT2D eigenvalue weighted by Gasteiger charge is -2.09. The third-order valence-electron chi connectivity index (χ3n) is 3.67. The Bertz CT molecular complexity index is 1000. The predicted molar refractivity (Wildman–Crippen MR) is 101 cm³/mol. The minimum absolute atomic E-state index is 0.0820. The number of nitrogens with zero attached hydrogens (tertiary/aromatic N) is 1. The predicted octanol–water partition coefficient (Wildman–Crippen LogP) is 3.44. The summed E-state index contributed by atoms with van der Waals surface area (Å²) in [5, 5.41) is 2.72. The molecule has 0 aliphatic heterocycles. The van der Waals surface area contributed by atoms with Gasteiger partial charge in [-0.25, -0.2) is 8.42 Å². The van der Waals surface area contributed by atoms with Gasteiger partial charge in [0.2, 0.25) is 0 Å². The summed E-state index contributed by atoms with van der Waals surface area (Å²) in [7, 11) is -3.72. The summed E-state index contributed by atoms with van der Waals surface area (Å²) < 4.78 is 27.4. The van der Waals surface area contributed by atoms with E-state index in [1.807, 2.05) is 19.1 Å². The van der Waals surface area contributed by atoms with Crippen LogP contribution in [0.2, 0.25) is 0 Å². The summed E-state index contributed by atoms with van der Waals surface area (Å²) >= 11 is 0. The van der Waals surface area contributed by atoms with Gasteiger partial charge in [0.15, 0.2) is 0 Å². The normalized spacial score (nSPS) is 11.0. The molecule has 2 aromatic carbocycles. The number of carbonyl (C=O) groups is 1. The van der Waals surface area contributed by atoms with E-state index in [0.29, 0.717) is 16.9 Å².